The van der Waals surface area contributed by atoms with Gasteiger partial charge in [-0.25, -0.2) is 9.37 Å². The summed E-state index contributed by atoms with van der Waals surface area (Å²) in [6.07, 6.45) is 0. The summed E-state index contributed by atoms with van der Waals surface area (Å²) in [6.45, 7) is 2.98. The average molecular weight is 417 g/mol. The topological polar surface area (TPSA) is 51.7 Å². The van der Waals surface area contributed by atoms with Crippen LogP contribution in [0.3, 0.4) is 0 Å². The van der Waals surface area contributed by atoms with Gasteiger partial charge in [-0.3, -0.25) is 4.79 Å². The first-order valence-corrected chi connectivity index (χ1v) is 9.61. The molecule has 7 heteroatoms. The lowest BCUT2D eigenvalue weighted by Gasteiger charge is -2.23. The van der Waals surface area contributed by atoms with Crippen molar-refractivity contribution in [1.82, 2.24) is 9.88 Å². The Morgan fingerprint density at radius 1 is 1.14 bits per heavy atom. The van der Waals surface area contributed by atoms with Crippen LogP contribution in [0.25, 0.3) is 10.9 Å². The van der Waals surface area contributed by atoms with Crippen LogP contribution in [0.5, 0.6) is 5.75 Å². The van der Waals surface area contributed by atoms with Crippen LogP contribution in [0.2, 0.25) is 5.15 Å². The molecule has 29 heavy (non-hydrogen) atoms. The summed E-state index contributed by atoms with van der Waals surface area (Å²) >= 11 is 6.39. The molecule has 0 radical (unpaired) electrons. The second-order valence-electron chi connectivity index (χ2n) is 6.54. The molecule has 1 heterocycles. The summed E-state index contributed by atoms with van der Waals surface area (Å²) in [5.41, 5.74) is 2.26. The van der Waals surface area contributed by atoms with E-state index in [0.717, 1.165) is 22.2 Å². The third-order valence-corrected chi connectivity index (χ3v) is 4.72. The number of halogens is 2. The summed E-state index contributed by atoms with van der Waals surface area (Å²) in [5.74, 6) is 0.222. The van der Waals surface area contributed by atoms with Gasteiger partial charge in [0.15, 0.2) is 0 Å². The van der Waals surface area contributed by atoms with Crippen molar-refractivity contribution in [1.29, 1.82) is 0 Å². The van der Waals surface area contributed by atoms with Crippen molar-refractivity contribution in [2.24, 2.45) is 0 Å². The fourth-order valence-electron chi connectivity index (χ4n) is 3.01. The van der Waals surface area contributed by atoms with Crippen LogP contribution in [0.1, 0.15) is 18.1 Å². The Morgan fingerprint density at radius 2 is 1.90 bits per heavy atom. The molecule has 0 saturated heterocycles. The smallest absolute Gasteiger partial charge is 0.249 e. The van der Waals surface area contributed by atoms with Gasteiger partial charge in [-0.1, -0.05) is 23.7 Å². The zero-order chi connectivity index (χ0) is 20.8. The van der Waals surface area contributed by atoms with Crippen molar-refractivity contribution in [2.45, 2.75) is 20.0 Å². The maximum absolute atomic E-state index is 13.2. The van der Waals surface area contributed by atoms with E-state index in [1.54, 1.807) is 17.0 Å². The average Bonchev–Trinajstić information content (AvgIpc) is 2.70. The lowest BCUT2D eigenvalue weighted by molar-refractivity contribution is -0.136. The van der Waals surface area contributed by atoms with Crippen molar-refractivity contribution < 1.29 is 18.7 Å². The second-order valence-corrected chi connectivity index (χ2v) is 6.89. The number of rotatable bonds is 8. The molecule has 0 aliphatic rings. The van der Waals surface area contributed by atoms with E-state index in [4.69, 9.17) is 21.1 Å². The third kappa shape index (κ3) is 5.43. The van der Waals surface area contributed by atoms with Crippen molar-refractivity contribution in [3.63, 3.8) is 0 Å². The molecule has 0 spiro atoms. The summed E-state index contributed by atoms with van der Waals surface area (Å²) in [7, 11) is 1.47. The van der Waals surface area contributed by atoms with Crippen molar-refractivity contribution in [2.75, 3.05) is 20.3 Å². The van der Waals surface area contributed by atoms with Gasteiger partial charge >= 0.3 is 0 Å². The summed E-state index contributed by atoms with van der Waals surface area (Å²) in [6, 6.07) is 13.5. The Kier molecular flexibility index (Phi) is 7.01. The molecule has 0 aliphatic carbocycles. The monoisotopic (exact) mass is 416 g/mol. The first-order valence-electron chi connectivity index (χ1n) is 9.23. The highest BCUT2D eigenvalue weighted by Crippen LogP contribution is 2.26. The molecule has 0 saturated carbocycles. The maximum atomic E-state index is 13.2. The number of pyridine rings is 1. The molecule has 1 amide bonds. The van der Waals surface area contributed by atoms with Crippen LogP contribution in [-0.2, 0) is 22.6 Å². The molecule has 152 valence electrons. The fourth-order valence-corrected chi connectivity index (χ4v) is 3.21. The molecule has 0 aliphatic heterocycles. The molecule has 3 aromatic rings. The zero-order valence-electron chi connectivity index (χ0n) is 16.3. The summed E-state index contributed by atoms with van der Waals surface area (Å²) in [5, 5.41) is 1.20. The highest BCUT2D eigenvalue weighted by molar-refractivity contribution is 6.30. The zero-order valence-corrected chi connectivity index (χ0v) is 17.1. The molecular weight excluding hydrogens is 395 g/mol. The Bertz CT molecular complexity index is 995. The van der Waals surface area contributed by atoms with Crippen molar-refractivity contribution >= 4 is 28.4 Å². The molecule has 3 rings (SSSR count). The predicted octanol–water partition coefficient (Wildman–Crippen LogP) is 4.60. The number of aromatic nitrogens is 1. The van der Waals surface area contributed by atoms with Crippen LogP contribution in [0.15, 0.2) is 48.5 Å². The first kappa shape index (κ1) is 21.0. The molecule has 0 bridgehead atoms. The van der Waals surface area contributed by atoms with Crippen LogP contribution >= 0.6 is 11.6 Å². The molecule has 0 unspecified atom stereocenters. The Balaban J connectivity index is 1.90. The highest BCUT2D eigenvalue weighted by Gasteiger charge is 2.17. The minimum atomic E-state index is -0.324. The SMILES string of the molecule is CCOc1ccc2nc(Cl)c(CN(Cc3ccc(F)cc3)C(=O)COC)cc2c1. The molecule has 0 fully saturated rings. The quantitative estimate of drug-likeness (QED) is 0.503. The number of nitrogens with zero attached hydrogens (tertiary/aromatic N) is 2. The van der Waals surface area contributed by atoms with Gasteiger partial charge in [0.25, 0.3) is 0 Å². The molecule has 2 aromatic carbocycles. The van der Waals surface area contributed by atoms with E-state index in [1.165, 1.54) is 19.2 Å². The highest BCUT2D eigenvalue weighted by atomic mass is 35.5. The van der Waals surface area contributed by atoms with Crippen molar-refractivity contribution in [3.8, 4) is 5.75 Å². The van der Waals surface area contributed by atoms with E-state index in [0.29, 0.717) is 23.9 Å². The van der Waals surface area contributed by atoms with Gasteiger partial charge in [0.2, 0.25) is 5.91 Å². The Morgan fingerprint density at radius 3 is 2.59 bits per heavy atom. The van der Waals surface area contributed by atoms with Crippen LogP contribution < -0.4 is 4.74 Å². The lowest BCUT2D eigenvalue weighted by atomic mass is 10.1. The Hall–Kier alpha value is -2.70. The fraction of sp³-hybridized carbons (Fsp3) is 0.273. The summed E-state index contributed by atoms with van der Waals surface area (Å²) < 4.78 is 23.8. The molecule has 0 atom stereocenters. The summed E-state index contributed by atoms with van der Waals surface area (Å²) in [4.78, 5) is 18.6. The number of methoxy groups -OCH3 is 1. The molecule has 1 aromatic heterocycles. The predicted molar refractivity (Wildman–Crippen MR) is 110 cm³/mol. The minimum absolute atomic E-state index is 0.0612. The standard InChI is InChI=1S/C22H22ClFN2O3/c1-3-29-19-8-9-20-16(11-19)10-17(22(23)25-20)13-26(21(27)14-28-2)12-15-4-6-18(24)7-5-15/h4-11H,3,12-14H2,1-2H3. The second kappa shape index (κ2) is 9.67. The lowest BCUT2D eigenvalue weighted by Crippen LogP contribution is -2.33. The molecule has 0 N–H and O–H groups in total. The normalized spacial score (nSPS) is 10.9. The van der Waals surface area contributed by atoms with Crippen molar-refractivity contribution in [3.05, 3.63) is 70.6 Å². The molecular formula is C22H22ClFN2O3. The van der Waals surface area contributed by atoms with Crippen LogP contribution in [0.4, 0.5) is 4.39 Å². The van der Waals surface area contributed by atoms with E-state index in [9.17, 15) is 9.18 Å². The molecule has 5 nitrogen and oxygen atoms in total. The van der Waals surface area contributed by atoms with Crippen LogP contribution in [-0.4, -0.2) is 36.1 Å². The van der Waals surface area contributed by atoms with Gasteiger partial charge in [0, 0.05) is 31.1 Å². The largest absolute Gasteiger partial charge is 0.494 e. The minimum Gasteiger partial charge on any atom is -0.494 e. The van der Waals surface area contributed by atoms with Gasteiger partial charge in [-0.15, -0.1) is 0 Å². The number of carbonyl (C=O) groups is 1. The van der Waals surface area contributed by atoms with E-state index in [1.807, 2.05) is 31.2 Å². The van der Waals surface area contributed by atoms with E-state index < -0.39 is 0 Å². The van der Waals surface area contributed by atoms with Gasteiger partial charge in [0.05, 0.1) is 12.1 Å². The van der Waals surface area contributed by atoms with Gasteiger partial charge in [0.1, 0.15) is 23.3 Å². The number of hydrogen-bond acceptors (Lipinski definition) is 4. The number of amides is 1. The number of hydrogen-bond donors (Lipinski definition) is 0. The number of benzene rings is 2. The number of ether oxygens (including phenoxy) is 2. The number of carbonyl (C=O) groups excluding carboxylic acids is 1. The first-order chi connectivity index (χ1) is 14.0. The number of fused-ring (bicyclic) bond motifs is 1. The van der Waals surface area contributed by atoms with E-state index >= 15 is 0 Å². The van der Waals surface area contributed by atoms with E-state index in [-0.39, 0.29) is 24.9 Å². The van der Waals surface area contributed by atoms with Gasteiger partial charge in [-0.05, 0) is 48.9 Å². The van der Waals surface area contributed by atoms with Crippen LogP contribution in [0, 0.1) is 5.82 Å². The third-order valence-electron chi connectivity index (χ3n) is 4.39. The van der Waals surface area contributed by atoms with Gasteiger partial charge in [-0.2, -0.15) is 0 Å². The van der Waals surface area contributed by atoms with Gasteiger partial charge < -0.3 is 14.4 Å². The maximum Gasteiger partial charge on any atom is 0.249 e. The Labute approximate surface area is 174 Å². The van der Waals surface area contributed by atoms with E-state index in [2.05, 4.69) is 4.98 Å².